The van der Waals surface area contributed by atoms with E-state index in [0.717, 1.165) is 0 Å². The molecule has 0 aliphatic rings. The second kappa shape index (κ2) is 7.70. The van der Waals surface area contributed by atoms with Gasteiger partial charge in [-0.3, -0.25) is 5.41 Å². The molecule has 1 N–H and O–H groups in total. The number of halogens is 1. The molecule has 0 aromatic heterocycles. The molecule has 1 aromatic rings. The van der Waals surface area contributed by atoms with E-state index in [1.165, 1.54) is 7.11 Å². The molecule has 0 spiro atoms. The summed E-state index contributed by atoms with van der Waals surface area (Å²) < 4.78 is 9.57. The fourth-order valence-electron chi connectivity index (χ4n) is 0.996. The third-order valence-electron chi connectivity index (χ3n) is 1.82. The minimum absolute atomic E-state index is 0. The van der Waals surface area contributed by atoms with Crippen LogP contribution in [0.2, 0.25) is 0 Å². The largest absolute Gasteiger partial charge is 0.484 e. The highest BCUT2D eigenvalue weighted by molar-refractivity contribution is 5.89. The molecule has 5 heteroatoms. The number of ether oxygens (including phenoxy) is 2. The van der Waals surface area contributed by atoms with Crippen LogP contribution in [0.4, 0.5) is 0 Å². The predicted molar refractivity (Wildman–Crippen MR) is 63.3 cm³/mol. The van der Waals surface area contributed by atoms with Crippen molar-refractivity contribution >= 4 is 24.3 Å². The summed E-state index contributed by atoms with van der Waals surface area (Å²) in [4.78, 5) is 11.4. The number of carbonyl (C=O) groups excluding carboxylic acids is 1. The Hall–Kier alpha value is -1.55. The molecule has 0 radical (unpaired) electrons. The highest BCUT2D eigenvalue weighted by Gasteiger charge is 2.05. The molecule has 0 saturated heterocycles. The molecular weight excluding hydrogens is 230 g/mol. The van der Waals surface area contributed by atoms with Crippen molar-refractivity contribution in [2.24, 2.45) is 0 Å². The normalized spacial score (nSPS) is 8.81. The number of rotatable bonds is 4. The Kier molecular flexibility index (Phi) is 6.96. The van der Waals surface area contributed by atoms with Crippen molar-refractivity contribution in [3.63, 3.8) is 0 Å². The van der Waals surface area contributed by atoms with Gasteiger partial charge in [0.05, 0.1) is 19.1 Å². The number of nitrogens with one attached hydrogen (secondary N) is 1. The summed E-state index contributed by atoms with van der Waals surface area (Å²) in [6.07, 6.45) is 0.301. The summed E-state index contributed by atoms with van der Waals surface area (Å²) >= 11 is 0. The lowest BCUT2D eigenvalue weighted by Gasteiger charge is -2.04. The van der Waals surface area contributed by atoms with Crippen LogP contribution in [0, 0.1) is 5.41 Å². The first kappa shape index (κ1) is 14.5. The van der Waals surface area contributed by atoms with Gasteiger partial charge in [0.15, 0.2) is 5.90 Å². The summed E-state index contributed by atoms with van der Waals surface area (Å²) in [5.41, 5.74) is 0.515. The molecule has 1 aromatic carbocycles. The zero-order valence-electron chi connectivity index (χ0n) is 8.93. The minimum atomic E-state index is -0.375. The summed E-state index contributed by atoms with van der Waals surface area (Å²) in [7, 11) is 1.42. The third kappa shape index (κ3) is 4.79. The molecule has 0 heterocycles. The summed E-state index contributed by atoms with van der Waals surface area (Å²) in [5.74, 6) is -0.268. The van der Waals surface area contributed by atoms with Gasteiger partial charge in [-0.25, -0.2) is 4.79 Å². The zero-order valence-corrected chi connectivity index (χ0v) is 9.75. The molecule has 0 fully saturated rings. The van der Waals surface area contributed by atoms with Gasteiger partial charge in [0.25, 0.3) is 0 Å². The lowest BCUT2D eigenvalue weighted by molar-refractivity contribution is 0.0511. The van der Waals surface area contributed by atoms with Gasteiger partial charge in [0.2, 0.25) is 0 Å². The Balaban J connectivity index is 0.00000225. The zero-order chi connectivity index (χ0) is 11.1. The molecule has 0 aliphatic carbocycles. The lowest BCUT2D eigenvalue weighted by Crippen LogP contribution is -2.10. The maximum atomic E-state index is 11.4. The van der Waals surface area contributed by atoms with Crippen LogP contribution in [0.15, 0.2) is 30.3 Å². The monoisotopic (exact) mass is 243 g/mol. The van der Waals surface area contributed by atoms with Crippen LogP contribution in [0.3, 0.4) is 0 Å². The molecule has 88 valence electrons. The first-order valence-corrected chi connectivity index (χ1v) is 4.57. The Bertz CT molecular complexity index is 340. The standard InChI is InChI=1S/C11H13NO3.ClH/c1-14-10(12)7-8-15-11(13)9-5-3-2-4-6-9;/h2-6,12H,7-8H2,1H3;1H. The van der Waals surface area contributed by atoms with Crippen molar-refractivity contribution in [3.05, 3.63) is 35.9 Å². The molecule has 0 atom stereocenters. The van der Waals surface area contributed by atoms with E-state index in [9.17, 15) is 4.79 Å². The van der Waals surface area contributed by atoms with Crippen molar-refractivity contribution in [1.29, 1.82) is 5.41 Å². The van der Waals surface area contributed by atoms with Gasteiger partial charge in [-0.1, -0.05) is 18.2 Å². The van der Waals surface area contributed by atoms with Crippen molar-refractivity contribution in [2.45, 2.75) is 6.42 Å². The van der Waals surface area contributed by atoms with Gasteiger partial charge in [-0.05, 0) is 12.1 Å². The quantitative estimate of drug-likeness (QED) is 0.501. The van der Waals surface area contributed by atoms with Crippen molar-refractivity contribution in [1.82, 2.24) is 0 Å². The maximum Gasteiger partial charge on any atom is 0.338 e. The van der Waals surface area contributed by atoms with Crippen LogP contribution >= 0.6 is 12.4 Å². The number of methoxy groups -OCH3 is 1. The summed E-state index contributed by atoms with van der Waals surface area (Å²) in [6, 6.07) is 8.74. The molecule has 0 unspecified atom stereocenters. The van der Waals surface area contributed by atoms with Crippen LogP contribution in [0.25, 0.3) is 0 Å². The number of benzene rings is 1. The van der Waals surface area contributed by atoms with Gasteiger partial charge in [-0.2, -0.15) is 0 Å². The van der Waals surface area contributed by atoms with Crippen molar-refractivity contribution < 1.29 is 14.3 Å². The molecule has 0 saturated carbocycles. The first-order valence-electron chi connectivity index (χ1n) is 4.57. The number of esters is 1. The van der Waals surface area contributed by atoms with Gasteiger partial charge in [0, 0.05) is 0 Å². The van der Waals surface area contributed by atoms with Crippen LogP contribution in [-0.4, -0.2) is 25.6 Å². The van der Waals surface area contributed by atoms with Gasteiger partial charge >= 0.3 is 5.97 Å². The second-order valence-electron chi connectivity index (χ2n) is 2.88. The molecule has 0 bridgehead atoms. The van der Waals surface area contributed by atoms with Gasteiger partial charge in [0.1, 0.15) is 6.61 Å². The Morgan fingerprint density at radius 1 is 1.31 bits per heavy atom. The number of hydrogen-bond donors (Lipinski definition) is 1. The first-order chi connectivity index (χ1) is 7.24. The van der Waals surface area contributed by atoms with Crippen LogP contribution in [0.5, 0.6) is 0 Å². The molecular formula is C11H14ClNO3. The second-order valence-corrected chi connectivity index (χ2v) is 2.88. The van der Waals surface area contributed by atoms with Crippen molar-refractivity contribution in [2.75, 3.05) is 13.7 Å². The highest BCUT2D eigenvalue weighted by atomic mass is 35.5. The Labute approximate surface area is 100 Å². The lowest BCUT2D eigenvalue weighted by atomic mass is 10.2. The van der Waals surface area contributed by atoms with Crippen LogP contribution in [0.1, 0.15) is 16.8 Å². The van der Waals surface area contributed by atoms with Gasteiger partial charge in [-0.15, -0.1) is 12.4 Å². The molecule has 16 heavy (non-hydrogen) atoms. The average molecular weight is 244 g/mol. The predicted octanol–water partition coefficient (Wildman–Crippen LogP) is 2.28. The minimum Gasteiger partial charge on any atom is -0.484 e. The summed E-state index contributed by atoms with van der Waals surface area (Å²) in [5, 5.41) is 7.17. The molecule has 4 nitrogen and oxygen atoms in total. The number of carbonyl (C=O) groups is 1. The van der Waals surface area contributed by atoms with E-state index in [1.54, 1.807) is 24.3 Å². The molecule has 1 rings (SSSR count). The van der Waals surface area contributed by atoms with E-state index in [0.29, 0.717) is 12.0 Å². The van der Waals surface area contributed by atoms with E-state index >= 15 is 0 Å². The smallest absolute Gasteiger partial charge is 0.338 e. The van der Waals surface area contributed by atoms with E-state index in [4.69, 9.17) is 10.1 Å². The van der Waals surface area contributed by atoms with Crippen LogP contribution < -0.4 is 0 Å². The summed E-state index contributed by atoms with van der Waals surface area (Å²) in [6.45, 7) is 0.167. The maximum absolute atomic E-state index is 11.4. The Morgan fingerprint density at radius 2 is 1.94 bits per heavy atom. The van der Waals surface area contributed by atoms with Crippen molar-refractivity contribution in [3.8, 4) is 0 Å². The molecule has 0 amide bonds. The molecule has 0 aliphatic heterocycles. The SMILES string of the molecule is COC(=N)CCOC(=O)c1ccccc1.Cl. The Morgan fingerprint density at radius 3 is 2.50 bits per heavy atom. The third-order valence-corrected chi connectivity index (χ3v) is 1.82. The number of hydrogen-bond acceptors (Lipinski definition) is 4. The van der Waals surface area contributed by atoms with E-state index in [-0.39, 0.29) is 30.9 Å². The van der Waals surface area contributed by atoms with E-state index in [2.05, 4.69) is 4.74 Å². The van der Waals surface area contributed by atoms with E-state index in [1.807, 2.05) is 6.07 Å². The topological polar surface area (TPSA) is 59.4 Å². The van der Waals surface area contributed by atoms with Gasteiger partial charge < -0.3 is 9.47 Å². The van der Waals surface area contributed by atoms with E-state index < -0.39 is 0 Å². The highest BCUT2D eigenvalue weighted by Crippen LogP contribution is 2.01. The fourth-order valence-corrected chi connectivity index (χ4v) is 0.996. The van der Waals surface area contributed by atoms with Crippen LogP contribution in [-0.2, 0) is 9.47 Å². The fraction of sp³-hybridized carbons (Fsp3) is 0.273. The average Bonchev–Trinajstić information content (AvgIpc) is 2.29.